The first kappa shape index (κ1) is 37.5. The molecule has 0 saturated carbocycles. The predicted molar refractivity (Wildman–Crippen MR) is 195 cm³/mol. The summed E-state index contributed by atoms with van der Waals surface area (Å²) in [5, 5.41) is 16.6. The van der Waals surface area contributed by atoms with E-state index in [0.29, 0.717) is 70.4 Å². The molecule has 0 aliphatic carbocycles. The number of oxazole rings is 1. The van der Waals surface area contributed by atoms with Crippen LogP contribution in [0.15, 0.2) is 53.4 Å². The van der Waals surface area contributed by atoms with Crippen LogP contribution in [0.1, 0.15) is 56.2 Å². The van der Waals surface area contributed by atoms with Crippen LogP contribution in [0.2, 0.25) is 0 Å². The number of hydrogen-bond acceptors (Lipinski definition) is 13. The minimum Gasteiger partial charge on any atom is -0.496 e. The van der Waals surface area contributed by atoms with Gasteiger partial charge in [0.1, 0.15) is 11.8 Å². The molecule has 5 amide bonds. The molecule has 0 bridgehead atoms. The van der Waals surface area contributed by atoms with Gasteiger partial charge in [-0.05, 0) is 72.2 Å². The van der Waals surface area contributed by atoms with Crippen LogP contribution in [0.3, 0.4) is 0 Å². The molecule has 17 nitrogen and oxygen atoms in total. The summed E-state index contributed by atoms with van der Waals surface area (Å²) in [4.78, 5) is 67.9. The van der Waals surface area contributed by atoms with Crippen molar-refractivity contribution in [2.24, 2.45) is 0 Å². The second-order valence-corrected chi connectivity index (χ2v) is 13.2. The number of anilines is 1. The highest BCUT2D eigenvalue weighted by atomic mass is 127. The van der Waals surface area contributed by atoms with Crippen LogP contribution in [0, 0.1) is 3.57 Å². The molecule has 0 radical (unpaired) electrons. The van der Waals surface area contributed by atoms with Gasteiger partial charge in [-0.1, -0.05) is 11.3 Å². The summed E-state index contributed by atoms with van der Waals surface area (Å²) >= 11 is 2.16. The molecule has 1 saturated heterocycles. The molecular formula is C35H37IN8O9. The fourth-order valence-electron chi connectivity index (χ4n) is 5.94. The Hall–Kier alpha value is -5.21. The topological polar surface area (TPSA) is 209 Å². The summed E-state index contributed by atoms with van der Waals surface area (Å²) in [5.41, 5.74) is 2.62. The molecule has 1 atom stereocenters. The van der Waals surface area contributed by atoms with Crippen molar-refractivity contribution in [2.75, 3.05) is 51.9 Å². The van der Waals surface area contributed by atoms with Gasteiger partial charge in [0.2, 0.25) is 11.8 Å². The number of benzene rings is 2. The van der Waals surface area contributed by atoms with Gasteiger partial charge >= 0.3 is 0 Å². The van der Waals surface area contributed by atoms with Crippen LogP contribution in [0.4, 0.5) is 5.69 Å². The minimum absolute atomic E-state index is 0.0578. The third-order valence-electron chi connectivity index (χ3n) is 8.54. The molecule has 1 unspecified atom stereocenters. The smallest absolute Gasteiger partial charge is 0.273 e. The van der Waals surface area contributed by atoms with Gasteiger partial charge in [0, 0.05) is 37.0 Å². The first-order valence-electron chi connectivity index (χ1n) is 16.9. The van der Waals surface area contributed by atoms with E-state index in [1.807, 2.05) is 24.4 Å². The maximum atomic E-state index is 13.2. The molecule has 53 heavy (non-hydrogen) atoms. The number of aryl methyl sites for hydroxylation is 1. The minimum atomic E-state index is -1.02. The predicted octanol–water partition coefficient (Wildman–Crippen LogP) is 2.46. The Morgan fingerprint density at radius 3 is 2.68 bits per heavy atom. The fourth-order valence-corrected chi connectivity index (χ4v) is 6.67. The molecule has 4 aromatic rings. The number of aromatic nitrogens is 4. The number of piperidine rings is 1. The molecule has 3 N–H and O–H groups in total. The molecule has 0 spiro atoms. The Bertz CT molecular complexity index is 2000. The molecule has 1 fully saturated rings. The first-order valence-corrected chi connectivity index (χ1v) is 18.0. The molecule has 2 aromatic carbocycles. The highest BCUT2D eigenvalue weighted by molar-refractivity contribution is 14.1. The zero-order chi connectivity index (χ0) is 37.3. The van der Waals surface area contributed by atoms with Crippen LogP contribution in [0.5, 0.6) is 5.75 Å². The second kappa shape index (κ2) is 17.5. The van der Waals surface area contributed by atoms with Crippen molar-refractivity contribution in [2.45, 2.75) is 38.3 Å². The molecule has 6 rings (SSSR count). The molecule has 2 aromatic heterocycles. The lowest BCUT2D eigenvalue weighted by Gasteiger charge is -2.27. The van der Waals surface area contributed by atoms with E-state index in [4.69, 9.17) is 18.6 Å². The third kappa shape index (κ3) is 8.88. The van der Waals surface area contributed by atoms with Gasteiger partial charge < -0.3 is 29.3 Å². The Morgan fingerprint density at radius 2 is 1.89 bits per heavy atom. The monoisotopic (exact) mass is 840 g/mol. The number of carbonyl (C=O) groups excluding carboxylic acids is 5. The van der Waals surface area contributed by atoms with Gasteiger partial charge in [-0.3, -0.25) is 34.2 Å². The van der Waals surface area contributed by atoms with E-state index >= 15 is 0 Å². The average Bonchev–Trinajstić information content (AvgIpc) is 3.88. The highest BCUT2D eigenvalue weighted by Gasteiger charge is 2.45. The van der Waals surface area contributed by atoms with Gasteiger partial charge in [-0.15, -0.1) is 5.10 Å². The van der Waals surface area contributed by atoms with E-state index in [1.165, 1.54) is 6.39 Å². The SMILES string of the molecule is COc1ccc(-c2ocnc2C(=O)NCCCc2cn(CCOCCOCCNc3cccc4c3C(=O)N(C3CCC(=O)NC3=O)C4=O)nn2)cc1I. The number of hydrogen-bond donors (Lipinski definition) is 3. The van der Waals surface area contributed by atoms with Crippen molar-refractivity contribution in [1.29, 1.82) is 0 Å². The summed E-state index contributed by atoms with van der Waals surface area (Å²) in [6.07, 6.45) is 4.53. The van der Waals surface area contributed by atoms with Crippen LogP contribution < -0.4 is 20.7 Å². The molecular weight excluding hydrogens is 803 g/mol. The Labute approximate surface area is 317 Å². The lowest BCUT2D eigenvalue weighted by molar-refractivity contribution is -0.136. The normalized spacial score (nSPS) is 15.4. The fraction of sp³-hybridized carbons (Fsp3) is 0.371. The van der Waals surface area contributed by atoms with Gasteiger partial charge in [0.25, 0.3) is 17.7 Å². The second-order valence-electron chi connectivity index (χ2n) is 12.0. The maximum absolute atomic E-state index is 13.2. The van der Waals surface area contributed by atoms with Crippen LogP contribution >= 0.6 is 22.6 Å². The van der Waals surface area contributed by atoms with E-state index in [0.717, 1.165) is 25.5 Å². The van der Waals surface area contributed by atoms with Crippen LogP contribution in [-0.4, -0.2) is 107 Å². The van der Waals surface area contributed by atoms with E-state index in [1.54, 1.807) is 30.0 Å². The quantitative estimate of drug-likeness (QED) is 0.0749. The lowest BCUT2D eigenvalue weighted by atomic mass is 10.0. The van der Waals surface area contributed by atoms with E-state index in [2.05, 4.69) is 53.8 Å². The summed E-state index contributed by atoms with van der Waals surface area (Å²) in [6.45, 7) is 2.73. The number of halogens is 1. The zero-order valence-electron chi connectivity index (χ0n) is 28.8. The highest BCUT2D eigenvalue weighted by Crippen LogP contribution is 2.32. The number of ether oxygens (including phenoxy) is 3. The van der Waals surface area contributed by atoms with Crippen molar-refractivity contribution >= 4 is 57.8 Å². The number of amides is 5. The van der Waals surface area contributed by atoms with Crippen molar-refractivity contribution in [1.82, 2.24) is 35.5 Å². The number of nitrogens with one attached hydrogen (secondary N) is 3. The van der Waals surface area contributed by atoms with Crippen LogP contribution in [-0.2, 0) is 32.0 Å². The number of fused-ring (bicyclic) bond motifs is 1. The number of rotatable bonds is 18. The average molecular weight is 841 g/mol. The van der Waals surface area contributed by atoms with E-state index < -0.39 is 29.7 Å². The number of imide groups is 2. The summed E-state index contributed by atoms with van der Waals surface area (Å²) in [7, 11) is 1.60. The van der Waals surface area contributed by atoms with Gasteiger partial charge in [-0.25, -0.2) is 9.67 Å². The lowest BCUT2D eigenvalue weighted by Crippen LogP contribution is -2.54. The summed E-state index contributed by atoms with van der Waals surface area (Å²) in [6, 6.07) is 9.38. The summed E-state index contributed by atoms with van der Waals surface area (Å²) < 4.78 is 24.7. The van der Waals surface area contributed by atoms with Crippen molar-refractivity contribution < 1.29 is 42.6 Å². The van der Waals surface area contributed by atoms with Gasteiger partial charge in [-0.2, -0.15) is 0 Å². The third-order valence-corrected chi connectivity index (χ3v) is 9.39. The van der Waals surface area contributed by atoms with Crippen LogP contribution in [0.25, 0.3) is 11.3 Å². The first-order chi connectivity index (χ1) is 25.7. The molecule has 2 aliphatic rings. The standard InChI is InChI=1S/C35H37IN8O9/c1-50-27-9-7-21(18-24(27)36)31-30(39-20-53-31)33(47)38-11-3-4-22-19-43(42-41-22)13-15-52-17-16-51-14-12-37-25-6-2-5-23-29(25)35(49)44(34(23)48)26-8-10-28(45)40-32(26)46/h2,5-7,9,18-20,26,37H,3-4,8,10-17H2,1H3,(H,38,47)(H,40,45,46). The molecule has 278 valence electrons. The van der Waals surface area contributed by atoms with Crippen molar-refractivity contribution in [3.8, 4) is 17.1 Å². The zero-order valence-corrected chi connectivity index (χ0v) is 30.9. The van der Waals surface area contributed by atoms with E-state index in [9.17, 15) is 24.0 Å². The van der Waals surface area contributed by atoms with Crippen molar-refractivity contribution in [3.63, 3.8) is 0 Å². The largest absolute Gasteiger partial charge is 0.496 e. The number of carbonyl (C=O) groups is 5. The van der Waals surface area contributed by atoms with Gasteiger partial charge in [0.15, 0.2) is 17.8 Å². The van der Waals surface area contributed by atoms with Gasteiger partial charge in [0.05, 0.1) is 60.5 Å². The maximum Gasteiger partial charge on any atom is 0.273 e. The molecule has 2 aliphatic heterocycles. The van der Waals surface area contributed by atoms with Crippen molar-refractivity contribution in [3.05, 3.63) is 75.1 Å². The Kier molecular flexibility index (Phi) is 12.4. The number of methoxy groups -OCH3 is 1. The number of nitrogens with zero attached hydrogens (tertiary/aromatic N) is 5. The summed E-state index contributed by atoms with van der Waals surface area (Å²) in [5.74, 6) is -1.40. The Morgan fingerprint density at radius 1 is 1.06 bits per heavy atom. The van der Waals surface area contributed by atoms with E-state index in [-0.39, 0.29) is 35.6 Å². The molecule has 18 heteroatoms. The Balaban J connectivity index is 0.837. The molecule has 4 heterocycles.